The van der Waals surface area contributed by atoms with Crippen molar-refractivity contribution in [3.8, 4) is 26.9 Å². The Hall–Kier alpha value is -4.83. The Morgan fingerprint density at radius 3 is 2.50 bits per heavy atom. The summed E-state index contributed by atoms with van der Waals surface area (Å²) in [6.07, 6.45) is 0.483. The number of thiazole rings is 2. The van der Waals surface area contributed by atoms with Crippen LogP contribution >= 0.6 is 22.7 Å². The summed E-state index contributed by atoms with van der Waals surface area (Å²) < 4.78 is 28.0. The molecule has 0 saturated heterocycles. The molecule has 0 unspecified atom stereocenters. The zero-order valence-electron chi connectivity index (χ0n) is 23.2. The highest BCUT2D eigenvalue weighted by atomic mass is 32.2. The van der Waals surface area contributed by atoms with Gasteiger partial charge in [-0.2, -0.15) is 0 Å². The molecule has 0 saturated carbocycles. The number of nitrogens with one attached hydrogen (secondary N) is 3. The first-order valence-electron chi connectivity index (χ1n) is 13.0. The van der Waals surface area contributed by atoms with E-state index in [0.717, 1.165) is 11.1 Å². The van der Waals surface area contributed by atoms with E-state index in [4.69, 9.17) is 20.6 Å². The zero-order chi connectivity index (χ0) is 31.3. The molecule has 7 N–H and O–H groups in total. The van der Waals surface area contributed by atoms with Gasteiger partial charge in [0.1, 0.15) is 21.5 Å². The quantitative estimate of drug-likeness (QED) is 0.143. The smallest absolute Gasteiger partial charge is 0.321 e. The lowest BCUT2D eigenvalue weighted by atomic mass is 10.1. The molecule has 0 aliphatic carbocycles. The summed E-state index contributed by atoms with van der Waals surface area (Å²) in [5.41, 5.74) is 9.57. The number of urea groups is 1. The van der Waals surface area contributed by atoms with Crippen LogP contribution in [-0.4, -0.2) is 44.0 Å². The Morgan fingerprint density at radius 2 is 1.75 bits per heavy atom. The molecule has 15 heteroatoms. The van der Waals surface area contributed by atoms with Crippen LogP contribution in [0.2, 0.25) is 0 Å². The highest BCUT2D eigenvalue weighted by molar-refractivity contribution is 7.89. The van der Waals surface area contributed by atoms with E-state index >= 15 is 0 Å². The number of hydrogen-bond donors (Lipinski definition) is 5. The van der Waals surface area contributed by atoms with Crippen molar-refractivity contribution < 1.29 is 22.7 Å². The number of amides is 3. The third-order valence-corrected chi connectivity index (χ3v) is 9.18. The van der Waals surface area contributed by atoms with Gasteiger partial charge in [0.25, 0.3) is 5.91 Å². The largest absolute Gasteiger partial charge is 0.497 e. The van der Waals surface area contributed by atoms with Crippen LogP contribution in [-0.2, 0) is 16.4 Å². The van der Waals surface area contributed by atoms with E-state index in [2.05, 4.69) is 20.9 Å². The Morgan fingerprint density at radius 1 is 0.977 bits per heavy atom. The van der Waals surface area contributed by atoms with Crippen molar-refractivity contribution in [1.29, 1.82) is 0 Å². The van der Waals surface area contributed by atoms with Gasteiger partial charge in [0.2, 0.25) is 10.0 Å². The van der Waals surface area contributed by atoms with E-state index < -0.39 is 16.1 Å². The van der Waals surface area contributed by atoms with Gasteiger partial charge in [0.05, 0.1) is 17.7 Å². The van der Waals surface area contributed by atoms with E-state index in [1.165, 1.54) is 34.8 Å². The molecule has 5 aromatic rings. The molecule has 5 rings (SSSR count). The summed E-state index contributed by atoms with van der Waals surface area (Å²) in [4.78, 5) is 34.8. The second-order valence-electron chi connectivity index (χ2n) is 9.36. The molecule has 3 amide bonds. The predicted molar refractivity (Wildman–Crippen MR) is 173 cm³/mol. The van der Waals surface area contributed by atoms with Crippen LogP contribution in [0.1, 0.15) is 15.9 Å². The maximum atomic E-state index is 12.7. The molecule has 0 radical (unpaired) electrons. The molecule has 44 heavy (non-hydrogen) atoms. The zero-order valence-corrected chi connectivity index (χ0v) is 25.7. The number of ether oxygens (including phenoxy) is 1. The molecule has 3 aromatic carbocycles. The molecular weight excluding hydrogens is 623 g/mol. The molecule has 0 bridgehead atoms. The van der Waals surface area contributed by atoms with Crippen molar-refractivity contribution >= 4 is 61.3 Å². The molecule has 0 atom stereocenters. The number of anilines is 3. The van der Waals surface area contributed by atoms with Crippen LogP contribution in [0.5, 0.6) is 5.75 Å². The van der Waals surface area contributed by atoms with E-state index in [9.17, 15) is 18.0 Å². The first kappa shape index (κ1) is 30.6. The van der Waals surface area contributed by atoms with Crippen LogP contribution in [0.3, 0.4) is 0 Å². The summed E-state index contributed by atoms with van der Waals surface area (Å²) in [5.74, 6) is 0.566. The predicted octanol–water partition coefficient (Wildman–Crippen LogP) is 4.79. The first-order chi connectivity index (χ1) is 21.1. The normalized spacial score (nSPS) is 11.1. The summed E-state index contributed by atoms with van der Waals surface area (Å²) in [6.45, 7) is 0.309. The second-order valence-corrected chi connectivity index (χ2v) is 12.8. The average Bonchev–Trinajstić information content (AvgIpc) is 3.63. The molecule has 0 aliphatic heterocycles. The minimum absolute atomic E-state index is 0.0268. The number of sulfonamides is 1. The van der Waals surface area contributed by atoms with Gasteiger partial charge in [0.15, 0.2) is 5.13 Å². The fourth-order valence-electron chi connectivity index (χ4n) is 4.08. The number of primary sulfonamides is 1. The van der Waals surface area contributed by atoms with Crippen molar-refractivity contribution in [1.82, 2.24) is 15.3 Å². The van der Waals surface area contributed by atoms with Crippen LogP contribution in [0.25, 0.3) is 21.1 Å². The van der Waals surface area contributed by atoms with Gasteiger partial charge in [-0.15, -0.1) is 11.3 Å². The molecule has 12 nitrogen and oxygen atoms in total. The molecule has 226 valence electrons. The second kappa shape index (κ2) is 13.2. The van der Waals surface area contributed by atoms with E-state index in [1.807, 2.05) is 23.6 Å². The van der Waals surface area contributed by atoms with E-state index in [-0.39, 0.29) is 16.6 Å². The standard InChI is InChI=1S/C29H27N7O5S3/c1-41-21-7-3-5-19(15-21)26(37)33-20-6-2-4-18(14-20)23-16-42-27(34-23)24-25(30)35-29(43-24)36-28(38)32-13-12-17-8-10-22(11-9-17)44(31,39)40/h2-11,14-16H,12-13,30H2,1H3,(H,33,37)(H2,31,39,40)(H2,32,35,36,38). The minimum Gasteiger partial charge on any atom is -0.497 e. The molecule has 2 aromatic heterocycles. The number of nitrogens with zero attached hydrogens (tertiary/aromatic N) is 2. The summed E-state index contributed by atoms with van der Waals surface area (Å²) in [7, 11) is -2.21. The number of aromatic nitrogens is 2. The number of nitrogen functional groups attached to an aromatic ring is 1. The summed E-state index contributed by atoms with van der Waals surface area (Å²) in [6, 6.07) is 19.9. The lowest BCUT2D eigenvalue weighted by Gasteiger charge is -2.08. The molecule has 0 aliphatic rings. The number of rotatable bonds is 10. The van der Waals surface area contributed by atoms with Crippen molar-refractivity contribution in [3.05, 3.63) is 89.3 Å². The third-order valence-electron chi connectivity index (χ3n) is 6.27. The Bertz CT molecular complexity index is 1920. The van der Waals surface area contributed by atoms with Gasteiger partial charge in [-0.25, -0.2) is 28.3 Å². The third kappa shape index (κ3) is 7.57. The van der Waals surface area contributed by atoms with Gasteiger partial charge in [-0.1, -0.05) is 41.7 Å². The molecular formula is C29H27N7O5S3. The number of hydrogen-bond acceptors (Lipinski definition) is 10. The highest BCUT2D eigenvalue weighted by Gasteiger charge is 2.17. The fraction of sp³-hybridized carbons (Fsp3) is 0.103. The lowest BCUT2D eigenvalue weighted by molar-refractivity contribution is 0.102. The van der Waals surface area contributed by atoms with Crippen LogP contribution in [0.4, 0.5) is 21.4 Å². The highest BCUT2D eigenvalue weighted by Crippen LogP contribution is 2.38. The summed E-state index contributed by atoms with van der Waals surface area (Å²) >= 11 is 2.58. The van der Waals surface area contributed by atoms with Gasteiger partial charge >= 0.3 is 6.03 Å². The van der Waals surface area contributed by atoms with Crippen molar-refractivity contribution in [2.45, 2.75) is 11.3 Å². The monoisotopic (exact) mass is 649 g/mol. The summed E-state index contributed by atoms with van der Waals surface area (Å²) in [5, 5.41) is 16.3. The van der Waals surface area contributed by atoms with Gasteiger partial charge in [-0.05, 0) is 54.4 Å². The van der Waals surface area contributed by atoms with E-state index in [0.29, 0.717) is 50.7 Å². The fourth-order valence-corrected chi connectivity index (χ4v) is 6.40. The average molecular weight is 650 g/mol. The Balaban J connectivity index is 1.19. The number of methoxy groups -OCH3 is 1. The number of nitrogens with two attached hydrogens (primary N) is 2. The van der Waals surface area contributed by atoms with Gasteiger partial charge in [-0.3, -0.25) is 10.1 Å². The SMILES string of the molecule is COc1cccc(C(=O)Nc2cccc(-c3csc(-c4sc(NC(=O)NCCc5ccc(S(N)(=O)=O)cc5)nc4N)n3)c2)c1. The molecule has 2 heterocycles. The topological polar surface area (TPSA) is 191 Å². The van der Waals surface area contributed by atoms with Crippen molar-refractivity contribution in [3.63, 3.8) is 0 Å². The van der Waals surface area contributed by atoms with Crippen molar-refractivity contribution in [2.75, 3.05) is 30.0 Å². The number of benzene rings is 3. The maximum absolute atomic E-state index is 12.7. The van der Waals surface area contributed by atoms with Gasteiger partial charge < -0.3 is 21.1 Å². The van der Waals surface area contributed by atoms with Crippen LogP contribution in [0.15, 0.2) is 83.1 Å². The first-order valence-corrected chi connectivity index (χ1v) is 16.3. The van der Waals surface area contributed by atoms with Crippen LogP contribution < -0.4 is 31.6 Å². The Labute approximate surface area is 261 Å². The number of carbonyl (C=O) groups is 2. The van der Waals surface area contributed by atoms with Crippen molar-refractivity contribution in [2.24, 2.45) is 5.14 Å². The van der Waals surface area contributed by atoms with Crippen LogP contribution in [0, 0.1) is 0 Å². The molecule has 0 fully saturated rings. The Kier molecular flexibility index (Phi) is 9.20. The maximum Gasteiger partial charge on any atom is 0.321 e. The lowest BCUT2D eigenvalue weighted by Crippen LogP contribution is -2.30. The van der Waals surface area contributed by atoms with Gasteiger partial charge in [0, 0.05) is 28.7 Å². The molecule has 0 spiro atoms. The van der Waals surface area contributed by atoms with E-state index in [1.54, 1.807) is 49.6 Å². The number of carbonyl (C=O) groups excluding carboxylic acids is 2. The minimum atomic E-state index is -3.76.